The Morgan fingerprint density at radius 3 is 0.833 bits per heavy atom. The van der Waals surface area contributed by atoms with Gasteiger partial charge in [-0.25, -0.2) is 8.78 Å². The van der Waals surface area contributed by atoms with Gasteiger partial charge < -0.3 is 40.7 Å². The Balaban J connectivity index is 0.000000117. The Morgan fingerprint density at radius 2 is 0.540 bits per heavy atom. The smallest absolute Gasteiger partial charge is 0.276 e. The van der Waals surface area contributed by atoms with Gasteiger partial charge in [0.05, 0.1) is 141 Å². The molecule has 4 aromatic carbocycles. The van der Waals surface area contributed by atoms with Gasteiger partial charge in [-0.15, -0.1) is 0 Å². The summed E-state index contributed by atoms with van der Waals surface area (Å²) in [6, 6.07) is 47.9. The first-order chi connectivity index (χ1) is 73.6. The summed E-state index contributed by atoms with van der Waals surface area (Å²) in [7, 11) is 0. The monoisotopic (exact) mass is 2020 g/mol. The third-order valence-electron chi connectivity index (χ3n) is 29.6. The lowest BCUT2D eigenvalue weighted by Gasteiger charge is -2.31. The summed E-state index contributed by atoms with van der Waals surface area (Å²) in [6.45, 7) is 21.1. The number of nitrogens with zero attached hydrogens (tertiary/aromatic N) is 20. The number of benzene rings is 4. The third-order valence-corrected chi connectivity index (χ3v) is 29.6. The van der Waals surface area contributed by atoms with E-state index in [1.807, 2.05) is 169 Å². The summed E-state index contributed by atoms with van der Waals surface area (Å²) in [6.07, 6.45) is 43.0. The Bertz CT molecular complexity index is 7080. The number of anilines is 7. The minimum atomic E-state index is -2.56. The van der Waals surface area contributed by atoms with Crippen molar-refractivity contribution in [2.24, 2.45) is 0 Å². The van der Waals surface area contributed by atoms with Gasteiger partial charge in [0.15, 0.2) is 22.8 Å². The first-order valence-electron chi connectivity index (χ1n) is 53.2. The maximum atomic E-state index is 13.5. The Kier molecular flexibility index (Phi) is 32.2. The number of nitrogens with one attached hydrogen (secondary N) is 8. The van der Waals surface area contributed by atoms with Crippen LogP contribution in [0.3, 0.4) is 0 Å². The highest BCUT2D eigenvalue weighted by atomic mass is 19.3. The van der Waals surface area contributed by atoms with E-state index < -0.39 is 5.92 Å². The maximum Gasteiger partial charge on any atom is 0.276 e. The molecule has 8 aliphatic rings. The van der Waals surface area contributed by atoms with Crippen LogP contribution in [0.15, 0.2) is 220 Å². The van der Waals surface area contributed by atoms with Gasteiger partial charge >= 0.3 is 0 Å². The molecule has 16 aromatic rings. The van der Waals surface area contributed by atoms with E-state index in [1.54, 1.807) is 37.2 Å². The van der Waals surface area contributed by atoms with Crippen molar-refractivity contribution < 1.29 is 32.7 Å². The van der Waals surface area contributed by atoms with Crippen molar-refractivity contribution in [1.29, 1.82) is 0 Å². The lowest BCUT2D eigenvalue weighted by molar-refractivity contribution is -0.0566. The lowest BCUT2D eigenvalue weighted by Crippen LogP contribution is -2.38. The number of alkyl halides is 2. The number of amides is 4. The number of fused-ring (bicyclic) bond motifs is 4. The fourth-order valence-electron chi connectivity index (χ4n) is 21.2. The quantitative estimate of drug-likeness (QED) is 0.0263. The van der Waals surface area contributed by atoms with E-state index in [1.165, 1.54) is 109 Å². The number of carbonyl (C=O) groups is 4. The molecule has 8 fully saturated rings. The minimum absolute atomic E-state index is 0.110. The van der Waals surface area contributed by atoms with E-state index >= 15 is 0 Å². The van der Waals surface area contributed by atoms with Crippen LogP contribution in [-0.4, -0.2) is 253 Å². The zero-order valence-corrected chi connectivity index (χ0v) is 84.7. The molecule has 12 aromatic heterocycles. The van der Waals surface area contributed by atoms with Crippen molar-refractivity contribution in [2.45, 2.75) is 161 Å². The molecule has 0 bridgehead atoms. The van der Waals surface area contributed by atoms with Gasteiger partial charge in [0, 0.05) is 173 Å². The van der Waals surface area contributed by atoms with Gasteiger partial charge in [0.25, 0.3) is 29.6 Å². The average Bonchev–Trinajstić information content (AvgIpc) is 1.66. The summed E-state index contributed by atoms with van der Waals surface area (Å²) in [5.74, 6) is -3.66. The van der Waals surface area contributed by atoms with E-state index in [0.717, 1.165) is 259 Å². The van der Waals surface area contributed by atoms with E-state index in [9.17, 15) is 28.0 Å². The van der Waals surface area contributed by atoms with E-state index in [-0.39, 0.29) is 36.5 Å². The van der Waals surface area contributed by atoms with Gasteiger partial charge in [-0.1, -0.05) is 49.9 Å². The SMILES string of the molecule is O=C(Nc1ccc(CN2CCCCC2)nc1)c1n[nH]c2ccc(-c3cncc(CN4CCC(F)(F)CC4)c3)cc12.O=C(Nc1ccc(CN2CCCCC2)nc1)c1n[nH]c2ccc(-c3cncc(N4CCCC4)c3)cc12.O=C(Nc1ccc(CN2CCCCC2)nc1)c1n[nH]c2ccc(-c3cncc(N4CCCCC4)c3)cc12.O=C(Nc1ccc(CN2CCCCC2)nc1)c1n[nH]c2ccc(-c3cncc(N4CCOCC4)c3)cc12. The summed E-state index contributed by atoms with van der Waals surface area (Å²) < 4.78 is 32.5. The molecule has 0 aliphatic carbocycles. The highest BCUT2D eigenvalue weighted by Gasteiger charge is 2.35. The van der Waals surface area contributed by atoms with Gasteiger partial charge in [-0.05, 0) is 285 Å². The normalized spacial score (nSPS) is 17.0. The molecule has 0 saturated carbocycles. The number of hydrogen-bond acceptors (Lipinski definition) is 25. The molecule has 20 heterocycles. The lowest BCUT2D eigenvalue weighted by atomic mass is 10.0. The predicted octanol–water partition coefficient (Wildman–Crippen LogP) is 19.7. The van der Waals surface area contributed by atoms with Crippen LogP contribution in [0.25, 0.3) is 88.1 Å². The van der Waals surface area contributed by atoms with Gasteiger partial charge in [-0.3, -0.25) is 104 Å². The number of likely N-dealkylation sites (tertiary alicyclic amines) is 5. The molecule has 8 N–H and O–H groups in total. The molecule has 0 unspecified atom stereocenters. The van der Waals surface area contributed by atoms with Crippen LogP contribution in [0.4, 0.5) is 48.6 Å². The first-order valence-corrected chi connectivity index (χ1v) is 53.2. The number of halogens is 2. The second-order valence-corrected chi connectivity index (χ2v) is 40.5. The minimum Gasteiger partial charge on any atom is -0.378 e. The summed E-state index contributed by atoms with van der Waals surface area (Å²) >= 11 is 0. The van der Waals surface area contributed by atoms with E-state index in [2.05, 4.69) is 154 Å². The number of carbonyl (C=O) groups excluding carboxylic acids is 4. The molecule has 24 rings (SSSR count). The summed E-state index contributed by atoms with van der Waals surface area (Å²) in [5.41, 5.74) is 23.4. The average molecular weight is 2020 g/mol. The molecule has 772 valence electrons. The van der Waals surface area contributed by atoms with Crippen LogP contribution in [-0.2, 0) is 37.5 Å². The molecule has 4 amide bonds. The number of hydrogen-bond donors (Lipinski definition) is 8. The van der Waals surface area contributed by atoms with Crippen LogP contribution < -0.4 is 36.0 Å². The topological polar surface area (TPSA) is 369 Å². The molecular weight excluding hydrogens is 1890 g/mol. The van der Waals surface area contributed by atoms with Crippen LogP contribution in [0, 0.1) is 0 Å². The van der Waals surface area contributed by atoms with Crippen molar-refractivity contribution in [2.75, 3.05) is 154 Å². The molecule has 35 heteroatoms. The predicted molar refractivity (Wildman–Crippen MR) is 583 cm³/mol. The number of aromatic amines is 4. The van der Waals surface area contributed by atoms with Crippen molar-refractivity contribution in [3.63, 3.8) is 0 Å². The fourth-order valence-corrected chi connectivity index (χ4v) is 21.2. The molecule has 0 atom stereocenters. The van der Waals surface area contributed by atoms with Crippen molar-refractivity contribution in [3.8, 4) is 44.5 Å². The van der Waals surface area contributed by atoms with E-state index in [0.29, 0.717) is 70.5 Å². The molecule has 0 spiro atoms. The van der Waals surface area contributed by atoms with Crippen LogP contribution >= 0.6 is 0 Å². The third kappa shape index (κ3) is 25.7. The number of morpholine rings is 1. The Hall–Kier alpha value is -15.1. The number of H-pyrrole nitrogens is 4. The maximum absolute atomic E-state index is 13.5. The number of rotatable bonds is 25. The van der Waals surface area contributed by atoms with Gasteiger partial charge in [0.2, 0.25) is 0 Å². The van der Waals surface area contributed by atoms with Crippen LogP contribution in [0.2, 0.25) is 0 Å². The first kappa shape index (κ1) is 101. The Morgan fingerprint density at radius 1 is 0.273 bits per heavy atom. The molecule has 8 aliphatic heterocycles. The fraction of sp³-hybridized carbons (Fsp3) is 0.374. The molecule has 150 heavy (non-hydrogen) atoms. The Labute approximate surface area is 870 Å². The second kappa shape index (κ2) is 48.0. The molecule has 0 radical (unpaired) electrons. The number of ether oxygens (including phenoxy) is 1. The van der Waals surface area contributed by atoms with E-state index in [4.69, 9.17) is 4.74 Å². The van der Waals surface area contributed by atoms with Gasteiger partial charge in [0.1, 0.15) is 0 Å². The van der Waals surface area contributed by atoms with Crippen molar-refractivity contribution >= 4 is 107 Å². The zero-order valence-electron chi connectivity index (χ0n) is 84.7. The van der Waals surface area contributed by atoms with Crippen molar-refractivity contribution in [3.05, 3.63) is 271 Å². The molecule has 33 nitrogen and oxygen atoms in total. The summed E-state index contributed by atoms with van der Waals surface area (Å²) in [4.78, 5) is 107. The second-order valence-electron chi connectivity index (χ2n) is 40.5. The summed E-state index contributed by atoms with van der Waals surface area (Å²) in [5, 5.41) is 44.0. The highest BCUT2D eigenvalue weighted by Crippen LogP contribution is 2.37. The van der Waals surface area contributed by atoms with Crippen LogP contribution in [0.5, 0.6) is 0 Å². The number of aromatic nitrogens is 16. The van der Waals surface area contributed by atoms with Crippen molar-refractivity contribution in [1.82, 2.24) is 105 Å². The highest BCUT2D eigenvalue weighted by molar-refractivity contribution is 6.15. The van der Waals surface area contributed by atoms with Gasteiger partial charge in [-0.2, -0.15) is 20.4 Å². The standard InChI is InChI=1S/C30H33F2N7O.C29H33N7O.C28H31N7O2.C28H31N7O/c31-30(32)8-12-39(13-9-30)19-21-14-23(17-33-16-21)22-4-7-27-26(15-22)28(37-36-27)29(40)35-24-5-6-25(34-18-24)20-38-10-2-1-3-11-38;37-29(32-23-8-9-24(31-18-23)20-35-11-3-1-4-12-35)28-26-16-21(7-10-27(26)33-34-28)22-15-25(19-30-17-22)36-13-5-2-6-14-36;36-28(31-22-5-6-23(30-17-22)19-34-8-2-1-3-9-34)27-25-15-20(4-7-26(25)32-33-27)21-14-24(18-29-16-21)35-10-12-37-13-11-35;36-28(31-22-7-8-23(30-17-22)19-34-10-2-1-3-11-34)27-25-15-20(6-9-26(25)32-33-27)21-14-24(18-29-16-21)35-12-4-5-13-35/h4-7,14-18H,1-3,8-13,19-20H2,(H,35,40)(H,36,37);7-10,15-19H,1-6,11-14,20H2,(H,32,37)(H,33,34);4-7,14-18H,1-3,8-13,19H2,(H,31,36)(H,32,33);6-9,14-18H,1-5,10-13,19H2,(H,31,36)(H,32,33). The largest absolute Gasteiger partial charge is 0.378 e. The van der Waals surface area contributed by atoms with Crippen LogP contribution in [0.1, 0.15) is 192 Å². The molecular formula is C115H128F2N28O5. The number of piperidine rings is 6. The molecule has 8 saturated heterocycles. The number of pyridine rings is 8. The zero-order chi connectivity index (χ0) is 102.